The van der Waals surface area contributed by atoms with Crippen LogP contribution in [-0.2, 0) is 18.4 Å². The van der Waals surface area contributed by atoms with Gasteiger partial charge in [0.1, 0.15) is 0 Å². The Balaban J connectivity index is 1.29. The fourth-order valence-electron chi connectivity index (χ4n) is 3.61. The van der Waals surface area contributed by atoms with Gasteiger partial charge in [0.2, 0.25) is 0 Å². The third kappa shape index (κ3) is 5.55. The first-order valence-electron chi connectivity index (χ1n) is 9.73. The highest BCUT2D eigenvalue weighted by Crippen LogP contribution is 2.27. The van der Waals surface area contributed by atoms with Crippen molar-refractivity contribution in [2.24, 2.45) is 7.05 Å². The maximum atomic E-state index is 11.8. The van der Waals surface area contributed by atoms with Gasteiger partial charge in [-0.3, -0.25) is 4.79 Å². The predicted octanol–water partition coefficient (Wildman–Crippen LogP) is 3.56. The van der Waals surface area contributed by atoms with Crippen molar-refractivity contribution in [1.82, 2.24) is 9.47 Å². The van der Waals surface area contributed by atoms with E-state index in [9.17, 15) is 4.79 Å². The Labute approximate surface area is 156 Å². The molecular weight excluding hydrogens is 324 g/mol. The van der Waals surface area contributed by atoms with Crippen LogP contribution in [0.4, 0.5) is 0 Å². The van der Waals surface area contributed by atoms with Crippen molar-refractivity contribution < 1.29 is 4.74 Å². The van der Waals surface area contributed by atoms with E-state index in [0.29, 0.717) is 12.5 Å². The van der Waals surface area contributed by atoms with Crippen molar-refractivity contribution in [3.05, 3.63) is 70.1 Å². The first kappa shape index (κ1) is 18.9. The Morgan fingerprint density at radius 1 is 1.08 bits per heavy atom. The smallest absolute Gasteiger partial charge is 0.250 e. The summed E-state index contributed by atoms with van der Waals surface area (Å²) in [6, 6.07) is 14.3. The van der Waals surface area contributed by atoms with E-state index in [2.05, 4.69) is 35.2 Å². The second-order valence-corrected chi connectivity index (χ2v) is 7.27. The van der Waals surface area contributed by atoms with Crippen molar-refractivity contribution >= 4 is 0 Å². The monoisotopic (exact) mass is 354 g/mol. The Bertz CT molecular complexity index is 718. The van der Waals surface area contributed by atoms with Gasteiger partial charge >= 0.3 is 0 Å². The van der Waals surface area contributed by atoms with E-state index in [1.165, 1.54) is 17.5 Å². The number of aryl methyl sites for hydroxylation is 1. The molecule has 0 atom stereocenters. The fourth-order valence-corrected chi connectivity index (χ4v) is 3.61. The molecular formula is C22H30N2O2. The van der Waals surface area contributed by atoms with Gasteiger partial charge in [-0.1, -0.05) is 30.3 Å². The minimum Gasteiger partial charge on any atom is -0.377 e. The highest BCUT2D eigenvalue weighted by molar-refractivity contribution is 5.17. The van der Waals surface area contributed by atoms with Crippen molar-refractivity contribution in [2.75, 3.05) is 26.2 Å². The maximum Gasteiger partial charge on any atom is 0.250 e. The first-order chi connectivity index (χ1) is 12.7. The summed E-state index contributed by atoms with van der Waals surface area (Å²) in [4.78, 5) is 14.4. The van der Waals surface area contributed by atoms with Crippen LogP contribution in [0, 0.1) is 0 Å². The molecule has 4 nitrogen and oxygen atoms in total. The van der Waals surface area contributed by atoms with Crippen LogP contribution in [0.2, 0.25) is 0 Å². The zero-order valence-electron chi connectivity index (χ0n) is 15.8. The normalized spacial score (nSPS) is 16.0. The first-order valence-corrected chi connectivity index (χ1v) is 9.73. The minimum absolute atomic E-state index is 0.0976. The molecule has 3 rings (SSSR count). The number of hydrogen-bond donors (Lipinski definition) is 0. The topological polar surface area (TPSA) is 34.5 Å². The van der Waals surface area contributed by atoms with Crippen molar-refractivity contribution in [2.45, 2.75) is 38.2 Å². The van der Waals surface area contributed by atoms with Crippen LogP contribution >= 0.6 is 0 Å². The number of piperidine rings is 1. The van der Waals surface area contributed by atoms with Crippen LogP contribution < -0.4 is 5.56 Å². The average molecular weight is 354 g/mol. The highest BCUT2D eigenvalue weighted by atomic mass is 16.5. The van der Waals surface area contributed by atoms with Gasteiger partial charge in [-0.25, -0.2) is 0 Å². The Morgan fingerprint density at radius 2 is 1.85 bits per heavy atom. The van der Waals surface area contributed by atoms with Gasteiger partial charge in [-0.05, 0) is 68.4 Å². The number of benzene rings is 1. The van der Waals surface area contributed by atoms with Gasteiger partial charge < -0.3 is 14.2 Å². The summed E-state index contributed by atoms with van der Waals surface area (Å²) < 4.78 is 7.39. The van der Waals surface area contributed by atoms with E-state index in [4.69, 9.17) is 4.74 Å². The van der Waals surface area contributed by atoms with Gasteiger partial charge in [0.05, 0.1) is 6.61 Å². The van der Waals surface area contributed by atoms with Crippen LogP contribution in [0.5, 0.6) is 0 Å². The molecule has 0 saturated carbocycles. The molecule has 1 aromatic carbocycles. The number of pyridine rings is 1. The zero-order valence-corrected chi connectivity index (χ0v) is 15.8. The molecule has 0 aliphatic carbocycles. The number of hydrogen-bond acceptors (Lipinski definition) is 3. The second kappa shape index (κ2) is 9.70. The third-order valence-corrected chi connectivity index (χ3v) is 5.31. The van der Waals surface area contributed by atoms with E-state index in [1.54, 1.807) is 11.6 Å². The SMILES string of the molecule is Cn1ccc(C2CCN(CCCCOCc3ccccc3)CC2)cc1=O. The van der Waals surface area contributed by atoms with Crippen molar-refractivity contribution in [3.63, 3.8) is 0 Å². The summed E-state index contributed by atoms with van der Waals surface area (Å²) >= 11 is 0. The Kier molecular flexibility index (Phi) is 7.04. The molecule has 2 heterocycles. The largest absolute Gasteiger partial charge is 0.377 e. The summed E-state index contributed by atoms with van der Waals surface area (Å²) in [5.74, 6) is 0.536. The van der Waals surface area contributed by atoms with Crippen LogP contribution in [0.25, 0.3) is 0 Å². The van der Waals surface area contributed by atoms with E-state index < -0.39 is 0 Å². The molecule has 0 bridgehead atoms. The third-order valence-electron chi connectivity index (χ3n) is 5.31. The number of likely N-dealkylation sites (tertiary alicyclic amines) is 1. The molecule has 0 amide bonds. The van der Waals surface area contributed by atoms with Crippen molar-refractivity contribution in [1.29, 1.82) is 0 Å². The van der Waals surface area contributed by atoms with Crippen molar-refractivity contribution in [3.8, 4) is 0 Å². The molecule has 140 valence electrons. The van der Waals surface area contributed by atoms with Gasteiger partial charge in [0, 0.05) is 25.9 Å². The number of nitrogens with zero attached hydrogens (tertiary/aromatic N) is 2. The van der Waals surface area contributed by atoms with E-state index >= 15 is 0 Å². The van der Waals surface area contributed by atoms with Gasteiger partial charge in [-0.15, -0.1) is 0 Å². The van der Waals surface area contributed by atoms with Crippen LogP contribution in [0.1, 0.15) is 42.7 Å². The summed E-state index contributed by atoms with van der Waals surface area (Å²) in [5.41, 5.74) is 2.55. The van der Waals surface area contributed by atoms with E-state index in [1.807, 2.05) is 18.3 Å². The maximum absolute atomic E-state index is 11.8. The number of rotatable bonds is 8. The standard InChI is InChI=1S/C22H30N2O2/c1-23-13-9-21(17-22(23)25)20-10-14-24(15-11-20)12-5-6-16-26-18-19-7-3-2-4-8-19/h2-4,7-9,13,17,20H,5-6,10-12,14-16,18H2,1H3. The quantitative estimate of drug-likeness (QED) is 0.680. The molecule has 0 N–H and O–H groups in total. The lowest BCUT2D eigenvalue weighted by molar-refractivity contribution is 0.112. The minimum atomic E-state index is 0.0976. The molecule has 0 spiro atoms. The molecule has 1 aliphatic heterocycles. The zero-order chi connectivity index (χ0) is 18.2. The lowest BCUT2D eigenvalue weighted by Gasteiger charge is -2.32. The number of ether oxygens (including phenoxy) is 1. The number of aromatic nitrogens is 1. The van der Waals surface area contributed by atoms with E-state index in [-0.39, 0.29) is 5.56 Å². The summed E-state index contributed by atoms with van der Waals surface area (Å²) in [6.45, 7) is 4.95. The molecule has 1 aliphatic rings. The van der Waals surface area contributed by atoms with Crippen LogP contribution in [-0.4, -0.2) is 35.7 Å². The number of unbranched alkanes of at least 4 members (excludes halogenated alkanes) is 1. The Morgan fingerprint density at radius 3 is 2.58 bits per heavy atom. The van der Waals surface area contributed by atoms with Gasteiger partial charge in [0.15, 0.2) is 0 Å². The van der Waals surface area contributed by atoms with Crippen LogP contribution in [0.3, 0.4) is 0 Å². The molecule has 4 heteroatoms. The van der Waals surface area contributed by atoms with Crippen LogP contribution in [0.15, 0.2) is 53.5 Å². The van der Waals surface area contributed by atoms with E-state index in [0.717, 1.165) is 45.5 Å². The lowest BCUT2D eigenvalue weighted by Crippen LogP contribution is -2.34. The molecule has 1 fully saturated rings. The molecule has 1 saturated heterocycles. The second-order valence-electron chi connectivity index (χ2n) is 7.27. The lowest BCUT2D eigenvalue weighted by atomic mass is 9.90. The fraction of sp³-hybridized carbons (Fsp3) is 0.500. The summed E-state index contributed by atoms with van der Waals surface area (Å²) in [7, 11) is 1.80. The average Bonchev–Trinajstić information content (AvgIpc) is 2.68. The molecule has 26 heavy (non-hydrogen) atoms. The molecule has 2 aromatic rings. The summed E-state index contributed by atoms with van der Waals surface area (Å²) in [5, 5.41) is 0. The summed E-state index contributed by atoms with van der Waals surface area (Å²) in [6.07, 6.45) is 6.49. The highest BCUT2D eigenvalue weighted by Gasteiger charge is 2.20. The predicted molar refractivity (Wildman–Crippen MR) is 105 cm³/mol. The molecule has 0 unspecified atom stereocenters. The Hall–Kier alpha value is -1.91. The van der Waals surface area contributed by atoms with Gasteiger partial charge in [0.25, 0.3) is 5.56 Å². The molecule has 1 aromatic heterocycles. The molecule has 0 radical (unpaired) electrons. The van der Waals surface area contributed by atoms with Gasteiger partial charge in [-0.2, -0.15) is 0 Å².